The highest BCUT2D eigenvalue weighted by atomic mass is 32.1. The molecule has 4 nitrogen and oxygen atoms in total. The fraction of sp³-hybridized carbons (Fsp3) is 0.600. The van der Waals surface area contributed by atoms with Crippen LogP contribution in [0, 0.1) is 11.8 Å². The largest absolute Gasteiger partial charge is 0.342 e. The SMILES string of the molecule is CC(C)C(c1cccs1)N1CC(=O)NC(C2CC2)C1=O. The number of nitrogens with zero attached hydrogens (tertiary/aromatic N) is 1. The smallest absolute Gasteiger partial charge is 0.246 e. The zero-order valence-corrected chi connectivity index (χ0v) is 12.7. The van der Waals surface area contributed by atoms with Crippen LogP contribution in [0.5, 0.6) is 0 Å². The predicted octanol–water partition coefficient (Wildman–Crippen LogP) is 2.18. The second-order valence-electron chi connectivity index (χ2n) is 6.05. The van der Waals surface area contributed by atoms with Crippen molar-refractivity contribution < 1.29 is 9.59 Å². The van der Waals surface area contributed by atoms with Crippen molar-refractivity contribution in [1.82, 2.24) is 10.2 Å². The average molecular weight is 292 g/mol. The Kier molecular flexibility index (Phi) is 3.54. The molecule has 0 bridgehead atoms. The Morgan fingerprint density at radius 3 is 2.65 bits per heavy atom. The molecular weight excluding hydrogens is 272 g/mol. The maximum Gasteiger partial charge on any atom is 0.246 e. The van der Waals surface area contributed by atoms with E-state index in [0.717, 1.165) is 17.7 Å². The minimum atomic E-state index is -0.294. The van der Waals surface area contributed by atoms with Gasteiger partial charge < -0.3 is 10.2 Å². The summed E-state index contributed by atoms with van der Waals surface area (Å²) in [5.41, 5.74) is 0. The van der Waals surface area contributed by atoms with E-state index in [9.17, 15) is 9.59 Å². The molecule has 1 N–H and O–H groups in total. The summed E-state index contributed by atoms with van der Waals surface area (Å²) in [5.74, 6) is 0.719. The number of nitrogens with one attached hydrogen (secondary N) is 1. The number of carbonyl (C=O) groups excluding carboxylic acids is 2. The molecule has 0 radical (unpaired) electrons. The number of rotatable bonds is 4. The van der Waals surface area contributed by atoms with E-state index < -0.39 is 0 Å². The second kappa shape index (κ2) is 5.20. The predicted molar refractivity (Wildman–Crippen MR) is 78.3 cm³/mol. The van der Waals surface area contributed by atoms with Crippen LogP contribution in [0.25, 0.3) is 0 Å². The summed E-state index contributed by atoms with van der Waals surface area (Å²) in [4.78, 5) is 27.6. The lowest BCUT2D eigenvalue weighted by molar-refractivity contribution is -0.148. The molecule has 1 aromatic rings. The fourth-order valence-electron chi connectivity index (χ4n) is 2.98. The first-order valence-electron chi connectivity index (χ1n) is 7.21. The summed E-state index contributed by atoms with van der Waals surface area (Å²) in [5, 5.41) is 4.90. The van der Waals surface area contributed by atoms with Crippen molar-refractivity contribution in [3.63, 3.8) is 0 Å². The van der Waals surface area contributed by atoms with Gasteiger partial charge in [-0.25, -0.2) is 0 Å². The van der Waals surface area contributed by atoms with Gasteiger partial charge in [-0.15, -0.1) is 11.3 Å². The maximum atomic E-state index is 12.7. The van der Waals surface area contributed by atoms with Crippen molar-refractivity contribution in [2.75, 3.05) is 6.54 Å². The minimum Gasteiger partial charge on any atom is -0.342 e. The number of hydrogen-bond acceptors (Lipinski definition) is 3. The van der Waals surface area contributed by atoms with Gasteiger partial charge >= 0.3 is 0 Å². The topological polar surface area (TPSA) is 49.4 Å². The molecular formula is C15H20N2O2S. The van der Waals surface area contributed by atoms with Crippen molar-refractivity contribution in [2.24, 2.45) is 11.8 Å². The van der Waals surface area contributed by atoms with Crippen LogP contribution in [0.1, 0.15) is 37.6 Å². The molecule has 1 saturated heterocycles. The molecule has 3 rings (SSSR count). The van der Waals surface area contributed by atoms with Crippen LogP contribution in [-0.4, -0.2) is 29.3 Å². The van der Waals surface area contributed by atoms with Crippen molar-refractivity contribution in [1.29, 1.82) is 0 Å². The van der Waals surface area contributed by atoms with Crippen molar-refractivity contribution in [3.05, 3.63) is 22.4 Å². The molecule has 0 aromatic carbocycles. The Morgan fingerprint density at radius 1 is 1.35 bits per heavy atom. The summed E-state index contributed by atoms with van der Waals surface area (Å²) < 4.78 is 0. The Balaban J connectivity index is 1.88. The van der Waals surface area contributed by atoms with E-state index in [1.807, 2.05) is 11.4 Å². The molecule has 2 heterocycles. The average Bonchev–Trinajstić information content (AvgIpc) is 3.10. The van der Waals surface area contributed by atoms with Gasteiger partial charge in [0, 0.05) is 4.88 Å². The Morgan fingerprint density at radius 2 is 2.10 bits per heavy atom. The van der Waals surface area contributed by atoms with E-state index in [4.69, 9.17) is 0 Å². The first-order valence-corrected chi connectivity index (χ1v) is 8.09. The molecule has 2 fully saturated rings. The highest BCUT2D eigenvalue weighted by Gasteiger charge is 2.45. The van der Waals surface area contributed by atoms with Gasteiger partial charge in [-0.2, -0.15) is 0 Å². The summed E-state index contributed by atoms with van der Waals surface area (Å²) >= 11 is 1.66. The Hall–Kier alpha value is -1.36. The summed E-state index contributed by atoms with van der Waals surface area (Å²) in [7, 11) is 0. The van der Waals surface area contributed by atoms with Gasteiger partial charge in [0.05, 0.1) is 6.04 Å². The second-order valence-corrected chi connectivity index (χ2v) is 7.03. The van der Waals surface area contributed by atoms with Crippen molar-refractivity contribution >= 4 is 23.2 Å². The van der Waals surface area contributed by atoms with E-state index >= 15 is 0 Å². The minimum absolute atomic E-state index is 0.00907. The van der Waals surface area contributed by atoms with Gasteiger partial charge in [0.1, 0.15) is 12.6 Å². The molecule has 1 aliphatic heterocycles. The fourth-order valence-corrected chi connectivity index (χ4v) is 3.99. The van der Waals surface area contributed by atoms with Gasteiger partial charge in [0.25, 0.3) is 0 Å². The summed E-state index contributed by atoms with van der Waals surface area (Å²) in [6.07, 6.45) is 2.10. The summed E-state index contributed by atoms with van der Waals surface area (Å²) in [6.45, 7) is 4.40. The molecule has 2 aliphatic rings. The van der Waals surface area contributed by atoms with Crippen LogP contribution in [0.2, 0.25) is 0 Å². The van der Waals surface area contributed by atoms with Gasteiger partial charge in [0.2, 0.25) is 11.8 Å². The maximum absolute atomic E-state index is 12.7. The van der Waals surface area contributed by atoms with Gasteiger partial charge in [-0.3, -0.25) is 9.59 Å². The molecule has 1 saturated carbocycles. The van der Waals surface area contributed by atoms with E-state index in [1.165, 1.54) is 0 Å². The number of carbonyl (C=O) groups is 2. The van der Waals surface area contributed by atoms with Crippen LogP contribution in [0.15, 0.2) is 17.5 Å². The molecule has 108 valence electrons. The molecule has 2 amide bonds. The lowest BCUT2D eigenvalue weighted by Gasteiger charge is -2.39. The molecule has 1 aromatic heterocycles. The van der Waals surface area contributed by atoms with Crippen LogP contribution < -0.4 is 5.32 Å². The van der Waals surface area contributed by atoms with Gasteiger partial charge in [0.15, 0.2) is 0 Å². The molecule has 20 heavy (non-hydrogen) atoms. The molecule has 2 unspecified atom stereocenters. The summed E-state index contributed by atoms with van der Waals surface area (Å²) in [6, 6.07) is 3.77. The van der Waals surface area contributed by atoms with E-state index in [0.29, 0.717) is 11.8 Å². The zero-order chi connectivity index (χ0) is 14.3. The van der Waals surface area contributed by atoms with Crippen LogP contribution in [0.4, 0.5) is 0 Å². The molecule has 5 heteroatoms. The van der Waals surface area contributed by atoms with E-state index in [2.05, 4.69) is 25.2 Å². The lowest BCUT2D eigenvalue weighted by atomic mass is 9.97. The molecule has 1 aliphatic carbocycles. The number of thiophene rings is 1. The highest BCUT2D eigenvalue weighted by molar-refractivity contribution is 7.10. The third-order valence-corrected chi connectivity index (χ3v) is 5.02. The number of hydrogen-bond donors (Lipinski definition) is 1. The van der Waals surface area contributed by atoms with Gasteiger partial charge in [-0.05, 0) is 36.1 Å². The zero-order valence-electron chi connectivity index (χ0n) is 11.8. The Labute approximate surface area is 123 Å². The Bertz CT molecular complexity index is 508. The van der Waals surface area contributed by atoms with E-state index in [-0.39, 0.29) is 30.4 Å². The highest BCUT2D eigenvalue weighted by Crippen LogP contribution is 2.38. The normalized spacial score (nSPS) is 24.9. The number of amides is 2. The van der Waals surface area contributed by atoms with Crippen LogP contribution in [-0.2, 0) is 9.59 Å². The first kappa shape index (κ1) is 13.6. The monoisotopic (exact) mass is 292 g/mol. The quantitative estimate of drug-likeness (QED) is 0.924. The lowest BCUT2D eigenvalue weighted by Crippen LogP contribution is -2.60. The van der Waals surface area contributed by atoms with Crippen molar-refractivity contribution in [3.8, 4) is 0 Å². The standard InChI is InChI=1S/C15H20N2O2S/c1-9(2)14(11-4-3-7-20-11)17-8-12(18)16-13(15(17)19)10-5-6-10/h3-4,7,9-10,13-14H,5-6,8H2,1-2H3,(H,16,18). The van der Waals surface area contributed by atoms with Gasteiger partial charge in [-0.1, -0.05) is 19.9 Å². The van der Waals surface area contributed by atoms with Crippen LogP contribution in [0.3, 0.4) is 0 Å². The van der Waals surface area contributed by atoms with Crippen molar-refractivity contribution in [2.45, 2.75) is 38.8 Å². The number of piperazine rings is 1. The third kappa shape index (κ3) is 2.46. The van der Waals surface area contributed by atoms with E-state index in [1.54, 1.807) is 16.2 Å². The van der Waals surface area contributed by atoms with Crippen LogP contribution >= 0.6 is 11.3 Å². The molecule has 2 atom stereocenters. The third-order valence-electron chi connectivity index (χ3n) is 4.07. The first-order chi connectivity index (χ1) is 9.58. The molecule has 0 spiro atoms.